The molecule has 14 heavy (non-hydrogen) atoms. The molecule has 1 unspecified atom stereocenters. The van der Waals surface area contributed by atoms with Crippen molar-refractivity contribution < 1.29 is 4.74 Å². The number of aromatic nitrogens is 1. The number of nitrogens with two attached hydrogens (primary N) is 2. The van der Waals surface area contributed by atoms with E-state index in [1.807, 2.05) is 0 Å². The van der Waals surface area contributed by atoms with E-state index in [2.05, 4.69) is 4.98 Å². The number of hydrogen-bond donors (Lipinski definition) is 2. The zero-order valence-electron chi connectivity index (χ0n) is 8.03. The van der Waals surface area contributed by atoms with Crippen LogP contribution in [0.15, 0.2) is 12.3 Å². The second kappa shape index (κ2) is 5.14. The van der Waals surface area contributed by atoms with Crippen LogP contribution in [-0.4, -0.2) is 18.7 Å². The standard InChI is InChI=1S/C9H14ClN3O/c1-14-3-2-8(11)7-4-6(10)5-13-9(7)12/h4-5,8H,2-3,11H2,1H3,(H2,12,13). The molecule has 1 atom stereocenters. The molecule has 0 saturated carbocycles. The fraction of sp³-hybridized carbons (Fsp3) is 0.444. The van der Waals surface area contributed by atoms with Crippen LogP contribution in [-0.2, 0) is 4.74 Å². The first-order chi connectivity index (χ1) is 6.65. The van der Waals surface area contributed by atoms with Crippen molar-refractivity contribution in [1.82, 2.24) is 4.98 Å². The Morgan fingerprint density at radius 3 is 3.00 bits per heavy atom. The van der Waals surface area contributed by atoms with Gasteiger partial charge in [-0.2, -0.15) is 0 Å². The summed E-state index contributed by atoms with van der Waals surface area (Å²) in [6.07, 6.45) is 2.20. The van der Waals surface area contributed by atoms with Crippen LogP contribution in [0.2, 0.25) is 5.02 Å². The topological polar surface area (TPSA) is 74.2 Å². The smallest absolute Gasteiger partial charge is 0.128 e. The molecule has 0 amide bonds. The van der Waals surface area contributed by atoms with Gasteiger partial charge in [0, 0.05) is 31.5 Å². The van der Waals surface area contributed by atoms with Gasteiger partial charge in [0.1, 0.15) is 5.82 Å². The number of nitrogens with zero attached hydrogens (tertiary/aromatic N) is 1. The summed E-state index contributed by atoms with van der Waals surface area (Å²) in [6, 6.07) is 1.56. The Morgan fingerprint density at radius 1 is 1.64 bits per heavy atom. The molecular formula is C9H14ClN3O. The molecule has 1 aromatic heterocycles. The van der Waals surface area contributed by atoms with E-state index in [0.717, 1.165) is 5.56 Å². The molecule has 78 valence electrons. The van der Waals surface area contributed by atoms with E-state index in [-0.39, 0.29) is 6.04 Å². The Kier molecular flexibility index (Phi) is 4.13. The third-order valence-corrected chi connectivity index (χ3v) is 2.16. The van der Waals surface area contributed by atoms with Gasteiger partial charge < -0.3 is 16.2 Å². The van der Waals surface area contributed by atoms with Crippen LogP contribution in [0, 0.1) is 0 Å². The van der Waals surface area contributed by atoms with E-state index in [1.165, 1.54) is 6.20 Å². The summed E-state index contributed by atoms with van der Waals surface area (Å²) in [6.45, 7) is 0.590. The van der Waals surface area contributed by atoms with Gasteiger partial charge in [-0.05, 0) is 12.5 Å². The van der Waals surface area contributed by atoms with Crippen molar-refractivity contribution in [3.8, 4) is 0 Å². The van der Waals surface area contributed by atoms with Crippen molar-refractivity contribution in [3.05, 3.63) is 22.8 Å². The Hall–Kier alpha value is -0.840. The number of nitrogen functional groups attached to an aromatic ring is 1. The molecule has 0 aliphatic rings. The van der Waals surface area contributed by atoms with Crippen molar-refractivity contribution in [2.45, 2.75) is 12.5 Å². The Balaban J connectivity index is 2.77. The summed E-state index contributed by atoms with van der Waals surface area (Å²) < 4.78 is 4.93. The highest BCUT2D eigenvalue weighted by Crippen LogP contribution is 2.22. The normalized spacial score (nSPS) is 12.8. The van der Waals surface area contributed by atoms with E-state index in [9.17, 15) is 0 Å². The van der Waals surface area contributed by atoms with Crippen molar-refractivity contribution in [1.29, 1.82) is 0 Å². The quantitative estimate of drug-likeness (QED) is 0.795. The highest BCUT2D eigenvalue weighted by atomic mass is 35.5. The lowest BCUT2D eigenvalue weighted by Gasteiger charge is -2.13. The van der Waals surface area contributed by atoms with E-state index in [0.29, 0.717) is 23.9 Å². The summed E-state index contributed by atoms with van der Waals surface area (Å²) in [7, 11) is 1.63. The Bertz CT molecular complexity index is 306. The maximum Gasteiger partial charge on any atom is 0.128 e. The molecule has 1 rings (SSSR count). The SMILES string of the molecule is COCCC(N)c1cc(Cl)cnc1N. The summed E-state index contributed by atoms with van der Waals surface area (Å²) in [5.74, 6) is 0.429. The number of pyridine rings is 1. The average molecular weight is 216 g/mol. The molecule has 5 heteroatoms. The molecule has 0 spiro atoms. The van der Waals surface area contributed by atoms with E-state index < -0.39 is 0 Å². The summed E-state index contributed by atoms with van der Waals surface area (Å²) >= 11 is 5.79. The van der Waals surface area contributed by atoms with E-state index in [4.69, 9.17) is 27.8 Å². The van der Waals surface area contributed by atoms with Gasteiger partial charge in [-0.15, -0.1) is 0 Å². The molecule has 0 aromatic carbocycles. The maximum atomic E-state index is 5.89. The number of rotatable bonds is 4. The highest BCUT2D eigenvalue weighted by Gasteiger charge is 2.10. The number of methoxy groups -OCH3 is 1. The van der Waals surface area contributed by atoms with Gasteiger partial charge in [0.15, 0.2) is 0 Å². The van der Waals surface area contributed by atoms with Crippen LogP contribution in [0.1, 0.15) is 18.0 Å². The zero-order chi connectivity index (χ0) is 10.6. The van der Waals surface area contributed by atoms with Gasteiger partial charge in [0.05, 0.1) is 5.02 Å². The number of ether oxygens (including phenoxy) is 1. The minimum atomic E-state index is -0.179. The van der Waals surface area contributed by atoms with Crippen LogP contribution < -0.4 is 11.5 Å². The van der Waals surface area contributed by atoms with Gasteiger partial charge in [0.25, 0.3) is 0 Å². The molecule has 4 nitrogen and oxygen atoms in total. The first-order valence-electron chi connectivity index (χ1n) is 4.30. The van der Waals surface area contributed by atoms with Crippen molar-refractivity contribution in [3.63, 3.8) is 0 Å². The van der Waals surface area contributed by atoms with Crippen LogP contribution in [0.3, 0.4) is 0 Å². The molecule has 1 heterocycles. The largest absolute Gasteiger partial charge is 0.385 e. The molecule has 4 N–H and O–H groups in total. The fourth-order valence-electron chi connectivity index (χ4n) is 1.16. The Morgan fingerprint density at radius 2 is 2.36 bits per heavy atom. The first kappa shape index (κ1) is 11.2. The Labute approximate surface area is 88.2 Å². The van der Waals surface area contributed by atoms with Crippen molar-refractivity contribution >= 4 is 17.4 Å². The predicted molar refractivity (Wildman–Crippen MR) is 57.1 cm³/mol. The van der Waals surface area contributed by atoms with Crippen molar-refractivity contribution in [2.75, 3.05) is 19.5 Å². The summed E-state index contributed by atoms with van der Waals surface area (Å²) in [4.78, 5) is 3.93. The number of hydrogen-bond acceptors (Lipinski definition) is 4. The van der Waals surface area contributed by atoms with Gasteiger partial charge in [-0.1, -0.05) is 11.6 Å². The first-order valence-corrected chi connectivity index (χ1v) is 4.68. The summed E-state index contributed by atoms with van der Waals surface area (Å²) in [5, 5.41) is 0.544. The lowest BCUT2D eigenvalue weighted by atomic mass is 10.1. The minimum absolute atomic E-state index is 0.179. The lowest BCUT2D eigenvalue weighted by Crippen LogP contribution is -2.15. The van der Waals surface area contributed by atoms with E-state index >= 15 is 0 Å². The van der Waals surface area contributed by atoms with Crippen LogP contribution >= 0.6 is 11.6 Å². The van der Waals surface area contributed by atoms with Gasteiger partial charge >= 0.3 is 0 Å². The van der Waals surface area contributed by atoms with Crippen LogP contribution in [0.5, 0.6) is 0 Å². The highest BCUT2D eigenvalue weighted by molar-refractivity contribution is 6.30. The molecular weight excluding hydrogens is 202 g/mol. The third kappa shape index (κ3) is 2.83. The molecule has 0 fully saturated rings. The minimum Gasteiger partial charge on any atom is -0.385 e. The molecule has 0 aliphatic carbocycles. The monoisotopic (exact) mass is 215 g/mol. The number of anilines is 1. The van der Waals surface area contributed by atoms with Crippen LogP contribution in [0.25, 0.3) is 0 Å². The average Bonchev–Trinajstić information content (AvgIpc) is 2.18. The molecule has 0 bridgehead atoms. The molecule has 1 aromatic rings. The second-order valence-corrected chi connectivity index (χ2v) is 3.45. The molecule has 0 saturated heterocycles. The lowest BCUT2D eigenvalue weighted by molar-refractivity contribution is 0.188. The molecule has 0 aliphatic heterocycles. The fourth-order valence-corrected chi connectivity index (χ4v) is 1.33. The maximum absolute atomic E-state index is 5.89. The third-order valence-electron chi connectivity index (χ3n) is 1.95. The predicted octanol–water partition coefficient (Wildman–Crippen LogP) is 1.35. The van der Waals surface area contributed by atoms with Crippen LogP contribution in [0.4, 0.5) is 5.82 Å². The zero-order valence-corrected chi connectivity index (χ0v) is 8.79. The van der Waals surface area contributed by atoms with Gasteiger partial charge in [-0.25, -0.2) is 4.98 Å². The van der Waals surface area contributed by atoms with Gasteiger partial charge in [-0.3, -0.25) is 0 Å². The second-order valence-electron chi connectivity index (χ2n) is 3.02. The van der Waals surface area contributed by atoms with E-state index in [1.54, 1.807) is 13.2 Å². The number of halogens is 1. The van der Waals surface area contributed by atoms with Crippen molar-refractivity contribution in [2.24, 2.45) is 5.73 Å². The summed E-state index contributed by atoms with van der Waals surface area (Å²) in [5.41, 5.74) is 12.3. The van der Waals surface area contributed by atoms with Gasteiger partial charge in [0.2, 0.25) is 0 Å². The molecule has 0 radical (unpaired) electrons.